The molecule has 2 heterocycles. The van der Waals surface area contributed by atoms with Crippen LogP contribution >= 0.6 is 0 Å². The molecule has 2 saturated carbocycles. The number of nitrogens with zero attached hydrogens (tertiary/aromatic N) is 2. The van der Waals surface area contributed by atoms with Gasteiger partial charge in [0.15, 0.2) is 0 Å². The van der Waals surface area contributed by atoms with Crippen molar-refractivity contribution in [3.05, 3.63) is 106 Å². The Balaban J connectivity index is 1.13. The number of carbonyl (C=O) groups excluding carboxylic acids is 2. The summed E-state index contributed by atoms with van der Waals surface area (Å²) in [5.74, 6) is -2.18. The number of rotatable bonds is 19. The van der Waals surface area contributed by atoms with Crippen LogP contribution in [0.15, 0.2) is 60.9 Å². The lowest BCUT2D eigenvalue weighted by molar-refractivity contribution is -0.140. The summed E-state index contributed by atoms with van der Waals surface area (Å²) in [5, 5.41) is 49.8. The zero-order chi connectivity index (χ0) is 39.9. The third kappa shape index (κ3) is 10.4. The molecule has 8 N–H and O–H groups in total. The van der Waals surface area contributed by atoms with Crippen molar-refractivity contribution in [2.75, 3.05) is 23.7 Å². The molecule has 0 radical (unpaired) electrons. The van der Waals surface area contributed by atoms with Crippen molar-refractivity contribution in [1.82, 2.24) is 20.6 Å². The van der Waals surface area contributed by atoms with Gasteiger partial charge >= 0.3 is 11.9 Å². The van der Waals surface area contributed by atoms with Gasteiger partial charge in [-0.1, -0.05) is 24.3 Å². The van der Waals surface area contributed by atoms with Crippen molar-refractivity contribution < 1.29 is 39.6 Å². The fourth-order valence-electron chi connectivity index (χ4n) is 6.88. The molecule has 14 heteroatoms. The number of amides is 2. The van der Waals surface area contributed by atoms with Crippen LogP contribution in [-0.4, -0.2) is 79.4 Å². The lowest BCUT2D eigenvalue weighted by atomic mass is 9.94. The molecule has 14 nitrogen and oxygen atoms in total. The normalized spacial score (nSPS) is 14.9. The maximum Gasteiger partial charge on any atom is 0.306 e. The number of aromatic nitrogens is 2. The van der Waals surface area contributed by atoms with Crippen LogP contribution in [0.4, 0.5) is 11.4 Å². The van der Waals surface area contributed by atoms with Crippen molar-refractivity contribution in [2.24, 2.45) is 0 Å². The molecule has 294 valence electrons. The van der Waals surface area contributed by atoms with Crippen molar-refractivity contribution in [2.45, 2.75) is 89.5 Å². The minimum atomic E-state index is -1.06. The van der Waals surface area contributed by atoms with E-state index in [1.165, 1.54) is 0 Å². The first-order valence-corrected chi connectivity index (χ1v) is 18.9. The van der Waals surface area contributed by atoms with Gasteiger partial charge in [0.2, 0.25) is 0 Å². The van der Waals surface area contributed by atoms with Gasteiger partial charge in [-0.3, -0.25) is 29.1 Å². The molecule has 2 aliphatic rings. The van der Waals surface area contributed by atoms with E-state index in [0.717, 1.165) is 70.2 Å². The standard InChI is InChI=1S/C42H48N6O8/c1-23-31(5-3-7-35(23)47-41(55)37-15-33(25-9-10-25)27(19-45-37)17-43-21-29(49)13-39(51)52)32-6-4-8-36(24(32)2)48-42(56)38-16-34(26-11-12-26)28(20-46-38)18-44-22-30(50)14-40(53)54/h3-8,15-16,19-20,25-26,29-30,43-44,49-50H,9-14,17-18,21-22H2,1-2H3,(H,47,55)(H,48,56)(H,51,52)(H,53,54). The van der Waals surface area contributed by atoms with E-state index in [0.29, 0.717) is 36.3 Å². The van der Waals surface area contributed by atoms with E-state index in [2.05, 4.69) is 31.2 Å². The predicted molar refractivity (Wildman–Crippen MR) is 210 cm³/mol. The second kappa shape index (κ2) is 17.9. The molecule has 6 rings (SSSR count). The third-order valence-electron chi connectivity index (χ3n) is 10.2. The molecule has 0 spiro atoms. The van der Waals surface area contributed by atoms with Gasteiger partial charge in [-0.05, 0) is 120 Å². The van der Waals surface area contributed by atoms with Gasteiger partial charge < -0.3 is 41.7 Å². The average Bonchev–Trinajstić information content (AvgIpc) is 4.08. The highest BCUT2D eigenvalue weighted by Crippen LogP contribution is 2.43. The van der Waals surface area contributed by atoms with E-state index >= 15 is 0 Å². The molecule has 0 bridgehead atoms. The number of carboxylic acids is 2. The van der Waals surface area contributed by atoms with Crippen LogP contribution in [0, 0.1) is 13.8 Å². The van der Waals surface area contributed by atoms with Gasteiger partial charge in [0.05, 0.1) is 25.0 Å². The van der Waals surface area contributed by atoms with Crippen molar-refractivity contribution in [3.8, 4) is 11.1 Å². The second-order valence-corrected chi connectivity index (χ2v) is 14.7. The molecule has 2 unspecified atom stereocenters. The molecule has 2 aromatic carbocycles. The maximum atomic E-state index is 13.5. The van der Waals surface area contributed by atoms with Crippen molar-refractivity contribution >= 4 is 35.1 Å². The highest BCUT2D eigenvalue weighted by atomic mass is 16.4. The molecule has 2 fully saturated rings. The number of aliphatic hydroxyl groups excluding tert-OH is 2. The number of aliphatic carboxylic acids is 2. The summed E-state index contributed by atoms with van der Waals surface area (Å²) in [6.45, 7) is 4.90. The summed E-state index contributed by atoms with van der Waals surface area (Å²) in [5.41, 5.74) is 9.10. The molecule has 4 aromatic rings. The van der Waals surface area contributed by atoms with Gasteiger partial charge in [0, 0.05) is 49.9 Å². The summed E-state index contributed by atoms with van der Waals surface area (Å²) in [6.07, 6.45) is 4.67. The molecular weight excluding hydrogens is 716 g/mol. The third-order valence-corrected chi connectivity index (χ3v) is 10.2. The number of aliphatic hydroxyl groups is 2. The summed E-state index contributed by atoms with van der Waals surface area (Å²) < 4.78 is 0. The van der Waals surface area contributed by atoms with Crippen LogP contribution in [0.25, 0.3) is 11.1 Å². The lowest BCUT2D eigenvalue weighted by Crippen LogP contribution is -2.28. The monoisotopic (exact) mass is 764 g/mol. The number of anilines is 2. The average molecular weight is 765 g/mol. The lowest BCUT2D eigenvalue weighted by Gasteiger charge is -2.17. The molecule has 2 amide bonds. The number of hydrogen-bond donors (Lipinski definition) is 8. The molecule has 2 aliphatic carbocycles. The summed E-state index contributed by atoms with van der Waals surface area (Å²) in [6, 6.07) is 15.0. The summed E-state index contributed by atoms with van der Waals surface area (Å²) >= 11 is 0. The Morgan fingerprint density at radius 1 is 0.661 bits per heavy atom. The highest BCUT2D eigenvalue weighted by Gasteiger charge is 2.29. The van der Waals surface area contributed by atoms with Crippen molar-refractivity contribution in [1.29, 1.82) is 0 Å². The fraction of sp³-hybridized carbons (Fsp3) is 0.381. The van der Waals surface area contributed by atoms with Gasteiger partial charge in [-0.2, -0.15) is 0 Å². The smallest absolute Gasteiger partial charge is 0.306 e. The van der Waals surface area contributed by atoms with Gasteiger partial charge in [-0.15, -0.1) is 0 Å². The first-order valence-electron chi connectivity index (χ1n) is 18.9. The largest absolute Gasteiger partial charge is 0.481 e. The van der Waals surface area contributed by atoms with E-state index < -0.39 is 24.1 Å². The molecule has 2 aromatic heterocycles. The Morgan fingerprint density at radius 3 is 1.41 bits per heavy atom. The van der Waals surface area contributed by atoms with Gasteiger partial charge in [0.25, 0.3) is 11.8 Å². The summed E-state index contributed by atoms with van der Waals surface area (Å²) in [7, 11) is 0. The number of carboxylic acid groups (broad SMARTS) is 2. The van der Waals surface area contributed by atoms with Crippen LogP contribution in [0.5, 0.6) is 0 Å². The first-order chi connectivity index (χ1) is 26.9. The predicted octanol–water partition coefficient (Wildman–Crippen LogP) is 4.87. The Labute approximate surface area is 324 Å². The Morgan fingerprint density at radius 2 is 1.05 bits per heavy atom. The number of benzene rings is 2. The minimum absolute atomic E-state index is 0.127. The van der Waals surface area contributed by atoms with Crippen LogP contribution in [0.1, 0.15) is 105 Å². The van der Waals surface area contributed by atoms with Crippen LogP contribution in [0.3, 0.4) is 0 Å². The summed E-state index contributed by atoms with van der Waals surface area (Å²) in [4.78, 5) is 57.7. The molecule has 56 heavy (non-hydrogen) atoms. The van der Waals surface area contributed by atoms with E-state index in [4.69, 9.17) is 10.2 Å². The van der Waals surface area contributed by atoms with E-state index in [1.54, 1.807) is 12.4 Å². The number of pyridine rings is 2. The van der Waals surface area contributed by atoms with E-state index in [9.17, 15) is 29.4 Å². The number of hydrogen-bond acceptors (Lipinski definition) is 10. The van der Waals surface area contributed by atoms with E-state index in [1.807, 2.05) is 62.4 Å². The molecular formula is C42H48N6O8. The number of carbonyl (C=O) groups is 4. The van der Waals surface area contributed by atoms with Crippen LogP contribution < -0.4 is 21.3 Å². The maximum absolute atomic E-state index is 13.5. The molecule has 0 saturated heterocycles. The van der Waals surface area contributed by atoms with Crippen LogP contribution in [0.2, 0.25) is 0 Å². The quantitative estimate of drug-likeness (QED) is 0.0641. The Hall–Kier alpha value is -5.54. The van der Waals surface area contributed by atoms with Crippen molar-refractivity contribution in [3.63, 3.8) is 0 Å². The zero-order valence-electron chi connectivity index (χ0n) is 31.5. The zero-order valence-corrected chi connectivity index (χ0v) is 31.5. The highest BCUT2D eigenvalue weighted by molar-refractivity contribution is 6.05. The minimum Gasteiger partial charge on any atom is -0.481 e. The van der Waals surface area contributed by atoms with E-state index in [-0.39, 0.29) is 49.1 Å². The van der Waals surface area contributed by atoms with Gasteiger partial charge in [0.1, 0.15) is 11.4 Å². The van der Waals surface area contributed by atoms with Crippen LogP contribution in [-0.2, 0) is 22.7 Å². The number of nitrogens with one attached hydrogen (secondary N) is 4. The molecule has 0 aliphatic heterocycles. The SMILES string of the molecule is Cc1c(NC(=O)c2cc(C3CC3)c(CNCC(O)CC(=O)O)cn2)cccc1-c1cccc(NC(=O)c2cc(C3CC3)c(CNCC(O)CC(=O)O)cn2)c1C. The Bertz CT molecular complexity index is 1970. The fourth-order valence-corrected chi connectivity index (χ4v) is 6.88. The van der Waals surface area contributed by atoms with Gasteiger partial charge in [-0.25, -0.2) is 0 Å². The topological polar surface area (TPSA) is 223 Å². The second-order valence-electron chi connectivity index (χ2n) is 14.7. The Kier molecular flexibility index (Phi) is 12.9. The first kappa shape index (κ1) is 40.1. The molecule has 2 atom stereocenters.